The van der Waals surface area contributed by atoms with E-state index < -0.39 is 10.1 Å². The van der Waals surface area contributed by atoms with Gasteiger partial charge in [-0.15, -0.1) is 0 Å². The molecule has 150 valence electrons. The molecule has 4 nitrogen and oxygen atoms in total. The first kappa shape index (κ1) is 23.1. The van der Waals surface area contributed by atoms with Gasteiger partial charge < -0.3 is 4.48 Å². The number of unbranched alkanes of at least 4 members (excludes halogenated alkanes) is 9. The van der Waals surface area contributed by atoms with Crippen LogP contribution < -0.4 is 0 Å². The predicted molar refractivity (Wildman–Crippen MR) is 109 cm³/mol. The summed E-state index contributed by atoms with van der Waals surface area (Å²) in [6, 6.07) is 6.74. The molecule has 0 saturated heterocycles. The van der Waals surface area contributed by atoms with E-state index in [-0.39, 0.29) is 4.90 Å². The molecule has 0 aliphatic heterocycles. The summed E-state index contributed by atoms with van der Waals surface area (Å²) in [6.07, 6.45) is 13.2. The van der Waals surface area contributed by atoms with Gasteiger partial charge in [-0.05, 0) is 18.9 Å². The van der Waals surface area contributed by atoms with E-state index in [1.54, 1.807) is 12.1 Å². The molecule has 0 aliphatic carbocycles. The number of quaternary nitrogens is 1. The van der Waals surface area contributed by atoms with Crippen LogP contribution in [-0.4, -0.2) is 38.1 Å². The Morgan fingerprint density at radius 2 is 1.35 bits per heavy atom. The summed E-state index contributed by atoms with van der Waals surface area (Å²) in [5, 5.41) is 0. The lowest BCUT2D eigenvalue weighted by Crippen LogP contribution is -2.39. The topological polar surface area (TPSA) is 54.4 Å². The molecule has 1 N–H and O–H groups in total. The number of benzene rings is 1. The van der Waals surface area contributed by atoms with Gasteiger partial charge in [-0.25, -0.2) is 0 Å². The zero-order valence-electron chi connectivity index (χ0n) is 16.9. The van der Waals surface area contributed by atoms with E-state index in [0.29, 0.717) is 12.1 Å². The SMILES string of the molecule is CCCCCCCCCCCC[N+](C)(C)Cc1ccccc1S(=O)(=O)O. The number of hydrogen-bond donors (Lipinski definition) is 1. The quantitative estimate of drug-likeness (QED) is 0.264. The Hall–Kier alpha value is -0.910. The van der Waals surface area contributed by atoms with Crippen molar-refractivity contribution in [3.63, 3.8) is 0 Å². The molecular weight excluding hydrogens is 346 g/mol. The molecule has 1 rings (SSSR count). The van der Waals surface area contributed by atoms with E-state index in [9.17, 15) is 13.0 Å². The lowest BCUT2D eigenvalue weighted by molar-refractivity contribution is -0.904. The standard InChI is InChI=1S/C21H37NO3S/c1-4-5-6-7-8-9-10-11-12-15-18-22(2,3)19-20-16-13-14-17-21(20)26(23,24)25/h13-14,16-17H,4-12,15,18-19H2,1-3H3/p+1. The Morgan fingerprint density at radius 1 is 0.846 bits per heavy atom. The van der Waals surface area contributed by atoms with Crippen molar-refractivity contribution >= 4 is 10.1 Å². The van der Waals surface area contributed by atoms with Gasteiger partial charge in [0.05, 0.1) is 20.6 Å². The monoisotopic (exact) mass is 384 g/mol. The summed E-state index contributed by atoms with van der Waals surface area (Å²) >= 11 is 0. The van der Waals surface area contributed by atoms with Crippen molar-refractivity contribution in [3.05, 3.63) is 29.8 Å². The minimum Gasteiger partial charge on any atom is -0.325 e. The van der Waals surface area contributed by atoms with Gasteiger partial charge in [0.25, 0.3) is 10.1 Å². The van der Waals surface area contributed by atoms with Crippen LogP contribution in [0.15, 0.2) is 29.2 Å². The molecule has 5 heteroatoms. The third kappa shape index (κ3) is 9.70. The molecule has 0 aromatic heterocycles. The molecule has 0 spiro atoms. The Balaban J connectivity index is 2.29. The molecule has 0 radical (unpaired) electrons. The largest absolute Gasteiger partial charge is 0.325 e. The first-order chi connectivity index (χ1) is 12.3. The maximum Gasteiger partial charge on any atom is 0.295 e. The van der Waals surface area contributed by atoms with E-state index in [1.165, 1.54) is 63.9 Å². The molecule has 0 atom stereocenters. The average molecular weight is 385 g/mol. The van der Waals surface area contributed by atoms with Crippen LogP contribution in [0.4, 0.5) is 0 Å². The van der Waals surface area contributed by atoms with E-state index >= 15 is 0 Å². The lowest BCUT2D eigenvalue weighted by Gasteiger charge is -2.30. The second kappa shape index (κ2) is 11.7. The summed E-state index contributed by atoms with van der Waals surface area (Å²) in [5.74, 6) is 0. The predicted octanol–water partition coefficient (Wildman–Crippen LogP) is 5.43. The van der Waals surface area contributed by atoms with Crippen molar-refractivity contribution in [3.8, 4) is 0 Å². The molecule has 0 saturated carbocycles. The lowest BCUT2D eigenvalue weighted by atomic mass is 10.1. The number of hydrogen-bond acceptors (Lipinski definition) is 2. The van der Waals surface area contributed by atoms with Gasteiger partial charge >= 0.3 is 0 Å². The maximum absolute atomic E-state index is 11.5. The van der Waals surface area contributed by atoms with E-state index in [0.717, 1.165) is 17.4 Å². The van der Waals surface area contributed by atoms with Crippen LogP contribution in [0.1, 0.15) is 76.7 Å². The third-order valence-electron chi connectivity index (χ3n) is 4.97. The van der Waals surface area contributed by atoms with Gasteiger partial charge in [0.15, 0.2) is 0 Å². The van der Waals surface area contributed by atoms with Crippen molar-refractivity contribution in [1.29, 1.82) is 0 Å². The highest BCUT2D eigenvalue weighted by atomic mass is 32.2. The van der Waals surface area contributed by atoms with E-state index in [1.807, 2.05) is 6.07 Å². The van der Waals surface area contributed by atoms with Gasteiger partial charge in [-0.3, -0.25) is 4.55 Å². The van der Waals surface area contributed by atoms with Crippen molar-refractivity contribution in [1.82, 2.24) is 0 Å². The maximum atomic E-state index is 11.5. The van der Waals surface area contributed by atoms with Gasteiger partial charge in [0, 0.05) is 5.56 Å². The highest BCUT2D eigenvalue weighted by molar-refractivity contribution is 7.85. The Bertz CT molecular complexity index is 611. The minimum atomic E-state index is -4.16. The van der Waals surface area contributed by atoms with Crippen LogP contribution >= 0.6 is 0 Å². The van der Waals surface area contributed by atoms with E-state index in [2.05, 4.69) is 21.0 Å². The molecule has 1 aromatic rings. The zero-order chi connectivity index (χ0) is 19.5. The summed E-state index contributed by atoms with van der Waals surface area (Å²) in [5.41, 5.74) is 0.687. The van der Waals surface area contributed by atoms with Gasteiger partial charge in [-0.1, -0.05) is 76.5 Å². The summed E-state index contributed by atoms with van der Waals surface area (Å²) < 4.78 is 33.2. The molecular formula is C21H38NO3S+. The number of rotatable bonds is 14. The number of nitrogens with zero attached hydrogens (tertiary/aromatic N) is 1. The first-order valence-electron chi connectivity index (χ1n) is 10.1. The van der Waals surface area contributed by atoms with Crippen LogP contribution in [0.2, 0.25) is 0 Å². The van der Waals surface area contributed by atoms with Gasteiger partial charge in [0.2, 0.25) is 0 Å². The molecule has 0 amide bonds. The van der Waals surface area contributed by atoms with Crippen molar-refractivity contribution in [2.24, 2.45) is 0 Å². The van der Waals surface area contributed by atoms with Crippen LogP contribution in [0.5, 0.6) is 0 Å². The van der Waals surface area contributed by atoms with Gasteiger partial charge in [-0.2, -0.15) is 8.42 Å². The van der Waals surface area contributed by atoms with Crippen LogP contribution in [0.3, 0.4) is 0 Å². The molecule has 1 aromatic carbocycles. The first-order valence-corrected chi connectivity index (χ1v) is 11.6. The highest BCUT2D eigenvalue weighted by Gasteiger charge is 2.22. The molecule has 0 unspecified atom stereocenters. The van der Waals surface area contributed by atoms with Crippen LogP contribution in [0.25, 0.3) is 0 Å². The zero-order valence-corrected chi connectivity index (χ0v) is 17.7. The summed E-state index contributed by atoms with van der Waals surface area (Å²) in [7, 11) is 0.0792. The fourth-order valence-electron chi connectivity index (χ4n) is 3.45. The minimum absolute atomic E-state index is 0.0364. The van der Waals surface area contributed by atoms with Crippen molar-refractivity contribution in [2.45, 2.75) is 82.6 Å². The summed E-state index contributed by atoms with van der Waals surface area (Å²) in [4.78, 5) is 0.0364. The fraction of sp³-hybridized carbons (Fsp3) is 0.714. The molecule has 0 aliphatic rings. The second-order valence-electron chi connectivity index (χ2n) is 8.08. The Morgan fingerprint density at radius 3 is 1.88 bits per heavy atom. The van der Waals surface area contributed by atoms with Crippen molar-refractivity contribution < 1.29 is 17.5 Å². The molecule has 0 bridgehead atoms. The van der Waals surface area contributed by atoms with Crippen molar-refractivity contribution in [2.75, 3.05) is 20.6 Å². The Kier molecular flexibility index (Phi) is 10.4. The average Bonchev–Trinajstić information content (AvgIpc) is 2.55. The smallest absolute Gasteiger partial charge is 0.295 e. The normalized spacial score (nSPS) is 12.5. The van der Waals surface area contributed by atoms with E-state index in [4.69, 9.17) is 0 Å². The summed E-state index contributed by atoms with van der Waals surface area (Å²) in [6.45, 7) is 3.87. The second-order valence-corrected chi connectivity index (χ2v) is 9.47. The molecule has 26 heavy (non-hydrogen) atoms. The fourth-order valence-corrected chi connectivity index (χ4v) is 4.17. The highest BCUT2D eigenvalue weighted by Crippen LogP contribution is 2.20. The Labute approximate surface area is 161 Å². The van der Waals surface area contributed by atoms with Gasteiger partial charge in [0.1, 0.15) is 11.4 Å². The van der Waals surface area contributed by atoms with Crippen LogP contribution in [-0.2, 0) is 16.7 Å². The van der Waals surface area contributed by atoms with Crippen LogP contribution in [0, 0.1) is 0 Å². The molecule has 0 fully saturated rings. The third-order valence-corrected chi connectivity index (χ3v) is 5.92. The molecule has 0 heterocycles.